The highest BCUT2D eigenvalue weighted by atomic mass is 16.2. The van der Waals surface area contributed by atoms with Gasteiger partial charge in [0.2, 0.25) is 5.91 Å². The molecule has 0 bridgehead atoms. The Kier molecular flexibility index (Phi) is 4.27. The summed E-state index contributed by atoms with van der Waals surface area (Å²) in [6.45, 7) is 5.68. The molecule has 2 aliphatic heterocycles. The number of nitrogens with zero attached hydrogens (tertiary/aromatic N) is 1. The summed E-state index contributed by atoms with van der Waals surface area (Å²) in [6.07, 6.45) is 1.70. The molecule has 2 unspecified atom stereocenters. The Bertz CT molecular complexity index is 426. The maximum absolute atomic E-state index is 12.3. The SMILES string of the molecule is CCNC(C)CC(=O)N1CCCC2(C1)NC(=O)NC2=O. The molecule has 20 heavy (non-hydrogen) atoms. The second kappa shape index (κ2) is 5.78. The summed E-state index contributed by atoms with van der Waals surface area (Å²) in [6, 6.07) is -0.359. The van der Waals surface area contributed by atoms with Gasteiger partial charge in [0.15, 0.2) is 0 Å². The smallest absolute Gasteiger partial charge is 0.322 e. The molecule has 0 radical (unpaired) electrons. The van der Waals surface area contributed by atoms with Crippen LogP contribution in [-0.4, -0.2) is 54.0 Å². The van der Waals surface area contributed by atoms with Gasteiger partial charge < -0.3 is 15.5 Å². The molecule has 112 valence electrons. The Morgan fingerprint density at radius 1 is 1.50 bits per heavy atom. The van der Waals surface area contributed by atoms with Gasteiger partial charge in [-0.1, -0.05) is 6.92 Å². The van der Waals surface area contributed by atoms with Gasteiger partial charge in [-0.25, -0.2) is 4.79 Å². The van der Waals surface area contributed by atoms with Crippen molar-refractivity contribution in [2.24, 2.45) is 0 Å². The van der Waals surface area contributed by atoms with Gasteiger partial charge in [0.05, 0.1) is 6.54 Å². The second-order valence-electron chi connectivity index (χ2n) is 5.57. The van der Waals surface area contributed by atoms with Crippen molar-refractivity contribution in [3.05, 3.63) is 0 Å². The molecule has 7 nitrogen and oxygen atoms in total. The Balaban J connectivity index is 1.98. The van der Waals surface area contributed by atoms with Gasteiger partial charge >= 0.3 is 6.03 Å². The zero-order chi connectivity index (χ0) is 14.8. The van der Waals surface area contributed by atoms with Gasteiger partial charge in [-0.3, -0.25) is 14.9 Å². The molecule has 7 heteroatoms. The van der Waals surface area contributed by atoms with Crippen molar-refractivity contribution in [1.29, 1.82) is 0 Å². The van der Waals surface area contributed by atoms with Crippen LogP contribution in [0.15, 0.2) is 0 Å². The van der Waals surface area contributed by atoms with Crippen molar-refractivity contribution in [1.82, 2.24) is 20.9 Å². The summed E-state index contributed by atoms with van der Waals surface area (Å²) in [7, 11) is 0. The average molecular weight is 282 g/mol. The van der Waals surface area contributed by atoms with Crippen molar-refractivity contribution in [2.45, 2.75) is 44.7 Å². The first-order chi connectivity index (χ1) is 9.47. The monoisotopic (exact) mass is 282 g/mol. The van der Waals surface area contributed by atoms with Crippen LogP contribution in [0.5, 0.6) is 0 Å². The lowest BCUT2D eigenvalue weighted by atomic mass is 9.89. The first kappa shape index (κ1) is 14.8. The van der Waals surface area contributed by atoms with E-state index in [1.165, 1.54) is 0 Å². The van der Waals surface area contributed by atoms with Crippen LogP contribution in [0.25, 0.3) is 0 Å². The van der Waals surface area contributed by atoms with Gasteiger partial charge in [0.25, 0.3) is 5.91 Å². The Labute approximate surface area is 118 Å². The number of hydrogen-bond donors (Lipinski definition) is 3. The third-order valence-electron chi connectivity index (χ3n) is 3.89. The van der Waals surface area contributed by atoms with E-state index in [0.717, 1.165) is 13.0 Å². The van der Waals surface area contributed by atoms with Gasteiger partial charge in [-0.15, -0.1) is 0 Å². The highest BCUT2D eigenvalue weighted by molar-refractivity contribution is 6.07. The number of nitrogens with one attached hydrogen (secondary N) is 3. The van der Waals surface area contributed by atoms with Gasteiger partial charge in [-0.05, 0) is 26.3 Å². The zero-order valence-corrected chi connectivity index (χ0v) is 12.0. The van der Waals surface area contributed by atoms with Gasteiger partial charge in [0.1, 0.15) is 5.54 Å². The molecule has 0 aromatic rings. The molecule has 2 heterocycles. The fraction of sp³-hybridized carbons (Fsp3) is 0.769. The number of piperidine rings is 1. The standard InChI is InChI=1S/C13H22N4O3/c1-3-14-9(2)7-10(18)17-6-4-5-13(8-17)11(19)15-12(20)16-13/h9,14H,3-8H2,1-2H3,(H2,15,16,19,20). The van der Waals surface area contributed by atoms with E-state index in [9.17, 15) is 14.4 Å². The molecule has 4 amide bonds. The highest BCUT2D eigenvalue weighted by Crippen LogP contribution is 2.24. The number of hydrogen-bond acceptors (Lipinski definition) is 4. The lowest BCUT2D eigenvalue weighted by Gasteiger charge is -2.38. The van der Waals surface area contributed by atoms with E-state index in [2.05, 4.69) is 16.0 Å². The number of urea groups is 1. The van der Waals surface area contributed by atoms with Crippen LogP contribution in [0.2, 0.25) is 0 Å². The number of imide groups is 1. The Morgan fingerprint density at radius 2 is 2.25 bits per heavy atom. The molecule has 2 aliphatic rings. The summed E-state index contributed by atoms with van der Waals surface area (Å²) in [4.78, 5) is 37.2. The third-order valence-corrected chi connectivity index (χ3v) is 3.89. The van der Waals surface area contributed by atoms with Crippen LogP contribution in [0.1, 0.15) is 33.1 Å². The van der Waals surface area contributed by atoms with E-state index in [-0.39, 0.29) is 24.4 Å². The predicted molar refractivity (Wildman–Crippen MR) is 73.0 cm³/mol. The fourth-order valence-electron chi connectivity index (χ4n) is 2.90. The summed E-state index contributed by atoms with van der Waals surface area (Å²) < 4.78 is 0. The van der Waals surface area contributed by atoms with E-state index < -0.39 is 11.6 Å². The number of carbonyl (C=O) groups excluding carboxylic acids is 3. The minimum atomic E-state index is -0.924. The summed E-state index contributed by atoms with van der Waals surface area (Å²) in [5, 5.41) is 8.13. The van der Waals surface area contributed by atoms with E-state index >= 15 is 0 Å². The molecule has 2 saturated heterocycles. The molecule has 0 aliphatic carbocycles. The number of amides is 4. The number of rotatable bonds is 4. The van der Waals surface area contributed by atoms with Crippen LogP contribution in [-0.2, 0) is 9.59 Å². The summed E-state index contributed by atoms with van der Waals surface area (Å²) in [5.41, 5.74) is -0.924. The third kappa shape index (κ3) is 2.92. The van der Waals surface area contributed by atoms with Crippen molar-refractivity contribution in [2.75, 3.05) is 19.6 Å². The van der Waals surface area contributed by atoms with Crippen LogP contribution in [0.3, 0.4) is 0 Å². The van der Waals surface area contributed by atoms with Crippen LogP contribution in [0, 0.1) is 0 Å². The Hall–Kier alpha value is -1.63. The number of carbonyl (C=O) groups is 3. The molecule has 0 aromatic heterocycles. The number of likely N-dealkylation sites (tertiary alicyclic amines) is 1. The van der Waals surface area contributed by atoms with Crippen molar-refractivity contribution in [3.8, 4) is 0 Å². The first-order valence-corrected chi connectivity index (χ1v) is 7.11. The van der Waals surface area contributed by atoms with E-state index in [4.69, 9.17) is 0 Å². The van der Waals surface area contributed by atoms with Crippen molar-refractivity contribution >= 4 is 17.8 Å². The normalized spacial score (nSPS) is 27.4. The maximum Gasteiger partial charge on any atom is 0.322 e. The Morgan fingerprint density at radius 3 is 2.85 bits per heavy atom. The lowest BCUT2D eigenvalue weighted by molar-refractivity contribution is -0.136. The van der Waals surface area contributed by atoms with E-state index in [1.54, 1.807) is 4.90 Å². The maximum atomic E-state index is 12.3. The molecular weight excluding hydrogens is 260 g/mol. The molecular formula is C13H22N4O3. The van der Waals surface area contributed by atoms with Crippen LogP contribution >= 0.6 is 0 Å². The van der Waals surface area contributed by atoms with Crippen LogP contribution < -0.4 is 16.0 Å². The average Bonchev–Trinajstić information content (AvgIpc) is 2.64. The molecule has 2 atom stereocenters. The molecule has 2 rings (SSSR count). The van der Waals surface area contributed by atoms with Crippen LogP contribution in [0.4, 0.5) is 4.79 Å². The lowest BCUT2D eigenvalue weighted by Crippen LogP contribution is -2.59. The van der Waals surface area contributed by atoms with Crippen molar-refractivity contribution in [3.63, 3.8) is 0 Å². The van der Waals surface area contributed by atoms with Gasteiger partial charge in [0, 0.05) is 19.0 Å². The van der Waals surface area contributed by atoms with Crippen molar-refractivity contribution < 1.29 is 14.4 Å². The molecule has 3 N–H and O–H groups in total. The molecule has 2 fully saturated rings. The zero-order valence-electron chi connectivity index (χ0n) is 12.0. The minimum absolute atomic E-state index is 0.0199. The first-order valence-electron chi connectivity index (χ1n) is 7.11. The summed E-state index contributed by atoms with van der Waals surface area (Å²) >= 11 is 0. The quantitative estimate of drug-likeness (QED) is 0.611. The molecule has 0 saturated carbocycles. The highest BCUT2D eigenvalue weighted by Gasteiger charge is 2.49. The largest absolute Gasteiger partial charge is 0.340 e. The van der Waals surface area contributed by atoms with E-state index in [0.29, 0.717) is 19.4 Å². The van der Waals surface area contributed by atoms with Gasteiger partial charge in [-0.2, -0.15) is 0 Å². The minimum Gasteiger partial charge on any atom is -0.340 e. The second-order valence-corrected chi connectivity index (χ2v) is 5.57. The predicted octanol–water partition coefficient (Wildman–Crippen LogP) is -0.425. The molecule has 0 aromatic carbocycles. The molecule has 1 spiro atoms. The topological polar surface area (TPSA) is 90.5 Å². The summed E-state index contributed by atoms with van der Waals surface area (Å²) in [5.74, 6) is -0.300. The fourth-order valence-corrected chi connectivity index (χ4v) is 2.90. The van der Waals surface area contributed by atoms with E-state index in [1.807, 2.05) is 13.8 Å².